The number of carbonyl (C=O) groups excluding carboxylic acids is 1. The van der Waals surface area contributed by atoms with Crippen molar-refractivity contribution in [3.8, 4) is 11.8 Å². The van der Waals surface area contributed by atoms with Gasteiger partial charge in [-0.15, -0.1) is 0 Å². The van der Waals surface area contributed by atoms with Crippen molar-refractivity contribution in [3.05, 3.63) is 59.5 Å². The Balaban J connectivity index is 1.98. The Morgan fingerprint density at radius 2 is 2.10 bits per heavy atom. The molecule has 0 unspecified atom stereocenters. The highest BCUT2D eigenvalue weighted by Gasteiger charge is 2.09. The first-order chi connectivity index (χ1) is 9.81. The molecule has 2 rings (SSSR count). The van der Waals surface area contributed by atoms with Gasteiger partial charge in [0, 0.05) is 18.5 Å². The standard InChI is InChI=1S/C16H16N2O2/c17-10-3-6-13-5-1-2-8-15(13)16(19)18-11-9-14-7-4-12-20-14/h1-2,4-5,7-8,12H,9-11,17H2,(H,18,19). The molecule has 1 heterocycles. The lowest BCUT2D eigenvalue weighted by Gasteiger charge is -2.06. The Morgan fingerprint density at radius 3 is 2.85 bits per heavy atom. The SMILES string of the molecule is NCC#Cc1ccccc1C(=O)NCCc1ccco1. The predicted octanol–water partition coefficient (Wildman–Crippen LogP) is 1.56. The molecule has 0 aliphatic carbocycles. The lowest BCUT2D eigenvalue weighted by atomic mass is 10.1. The third kappa shape index (κ3) is 3.74. The van der Waals surface area contributed by atoms with Crippen molar-refractivity contribution in [2.24, 2.45) is 5.73 Å². The van der Waals surface area contributed by atoms with Gasteiger partial charge in [0.2, 0.25) is 0 Å². The average Bonchev–Trinajstić information content (AvgIpc) is 2.98. The zero-order chi connectivity index (χ0) is 14.2. The Bertz CT molecular complexity index is 621. The van der Waals surface area contributed by atoms with Crippen LogP contribution in [-0.4, -0.2) is 19.0 Å². The Labute approximate surface area is 118 Å². The lowest BCUT2D eigenvalue weighted by Crippen LogP contribution is -2.26. The predicted molar refractivity (Wildman–Crippen MR) is 77.1 cm³/mol. The first-order valence-electron chi connectivity index (χ1n) is 6.40. The Hall–Kier alpha value is -2.51. The second kappa shape index (κ2) is 7.17. The van der Waals surface area contributed by atoms with Gasteiger partial charge in [-0.2, -0.15) is 0 Å². The lowest BCUT2D eigenvalue weighted by molar-refractivity contribution is 0.0953. The highest BCUT2D eigenvalue weighted by Crippen LogP contribution is 2.07. The van der Waals surface area contributed by atoms with E-state index in [1.165, 1.54) is 0 Å². The molecule has 0 aliphatic heterocycles. The number of nitrogens with one attached hydrogen (secondary N) is 1. The van der Waals surface area contributed by atoms with Crippen molar-refractivity contribution in [3.63, 3.8) is 0 Å². The molecule has 0 atom stereocenters. The maximum Gasteiger partial charge on any atom is 0.252 e. The van der Waals surface area contributed by atoms with Gasteiger partial charge in [-0.1, -0.05) is 24.0 Å². The number of furan rings is 1. The quantitative estimate of drug-likeness (QED) is 0.827. The molecule has 0 saturated carbocycles. The van der Waals surface area contributed by atoms with Crippen molar-refractivity contribution in [2.45, 2.75) is 6.42 Å². The summed E-state index contributed by atoms with van der Waals surface area (Å²) in [4.78, 5) is 12.1. The molecule has 0 spiro atoms. The van der Waals surface area contributed by atoms with E-state index in [1.807, 2.05) is 30.3 Å². The molecule has 20 heavy (non-hydrogen) atoms. The number of hydrogen-bond acceptors (Lipinski definition) is 3. The summed E-state index contributed by atoms with van der Waals surface area (Å²) >= 11 is 0. The number of amides is 1. The van der Waals surface area contributed by atoms with Crippen LogP contribution in [0.25, 0.3) is 0 Å². The van der Waals surface area contributed by atoms with Gasteiger partial charge >= 0.3 is 0 Å². The highest BCUT2D eigenvalue weighted by atomic mass is 16.3. The maximum absolute atomic E-state index is 12.1. The van der Waals surface area contributed by atoms with Crippen LogP contribution in [0.5, 0.6) is 0 Å². The molecule has 0 saturated heterocycles. The molecule has 102 valence electrons. The molecule has 4 heteroatoms. The van der Waals surface area contributed by atoms with Gasteiger partial charge < -0.3 is 15.5 Å². The van der Waals surface area contributed by atoms with E-state index in [2.05, 4.69) is 17.2 Å². The minimum absolute atomic E-state index is 0.140. The normalized spacial score (nSPS) is 9.65. The molecule has 1 amide bonds. The summed E-state index contributed by atoms with van der Waals surface area (Å²) in [7, 11) is 0. The molecular formula is C16H16N2O2. The number of benzene rings is 1. The number of rotatable bonds is 4. The van der Waals surface area contributed by atoms with Crippen molar-refractivity contribution in [2.75, 3.05) is 13.1 Å². The Morgan fingerprint density at radius 1 is 1.25 bits per heavy atom. The van der Waals surface area contributed by atoms with Gasteiger partial charge in [0.1, 0.15) is 5.76 Å². The zero-order valence-corrected chi connectivity index (χ0v) is 11.1. The summed E-state index contributed by atoms with van der Waals surface area (Å²) in [6, 6.07) is 10.9. The smallest absolute Gasteiger partial charge is 0.252 e. The van der Waals surface area contributed by atoms with E-state index in [9.17, 15) is 4.79 Å². The summed E-state index contributed by atoms with van der Waals surface area (Å²) in [5, 5.41) is 2.86. The van der Waals surface area contributed by atoms with Gasteiger partial charge in [0.15, 0.2) is 0 Å². The van der Waals surface area contributed by atoms with Gasteiger partial charge in [0.25, 0.3) is 5.91 Å². The van der Waals surface area contributed by atoms with Crippen LogP contribution in [0.15, 0.2) is 47.1 Å². The summed E-state index contributed by atoms with van der Waals surface area (Å²) in [6.07, 6.45) is 2.28. The van der Waals surface area contributed by atoms with E-state index in [0.29, 0.717) is 24.1 Å². The van der Waals surface area contributed by atoms with Crippen LogP contribution in [0, 0.1) is 11.8 Å². The fraction of sp³-hybridized carbons (Fsp3) is 0.188. The second-order valence-corrected chi connectivity index (χ2v) is 4.14. The molecule has 2 aromatic rings. The molecule has 4 nitrogen and oxygen atoms in total. The van der Waals surface area contributed by atoms with E-state index >= 15 is 0 Å². The van der Waals surface area contributed by atoms with E-state index in [1.54, 1.807) is 12.3 Å². The first-order valence-corrected chi connectivity index (χ1v) is 6.40. The Kier molecular flexibility index (Phi) is 4.99. The molecule has 1 aromatic carbocycles. The third-order valence-electron chi connectivity index (χ3n) is 2.73. The molecule has 0 fully saturated rings. The summed E-state index contributed by atoms with van der Waals surface area (Å²) < 4.78 is 5.21. The van der Waals surface area contributed by atoms with Gasteiger partial charge in [-0.05, 0) is 24.3 Å². The van der Waals surface area contributed by atoms with E-state index in [0.717, 1.165) is 5.76 Å². The van der Waals surface area contributed by atoms with Crippen molar-refractivity contribution in [1.82, 2.24) is 5.32 Å². The second-order valence-electron chi connectivity index (χ2n) is 4.14. The summed E-state index contributed by atoms with van der Waals surface area (Å²) in [6.45, 7) is 0.791. The molecule has 0 radical (unpaired) electrons. The van der Waals surface area contributed by atoms with Crippen molar-refractivity contribution in [1.29, 1.82) is 0 Å². The average molecular weight is 268 g/mol. The topological polar surface area (TPSA) is 68.3 Å². The molecule has 0 bridgehead atoms. The van der Waals surface area contributed by atoms with Crippen LogP contribution in [0.4, 0.5) is 0 Å². The first kappa shape index (κ1) is 13.9. The van der Waals surface area contributed by atoms with E-state index in [4.69, 9.17) is 10.2 Å². The van der Waals surface area contributed by atoms with Crippen LogP contribution < -0.4 is 11.1 Å². The molecule has 1 aromatic heterocycles. The van der Waals surface area contributed by atoms with Crippen molar-refractivity contribution >= 4 is 5.91 Å². The van der Waals surface area contributed by atoms with Crippen LogP contribution in [0.2, 0.25) is 0 Å². The largest absolute Gasteiger partial charge is 0.469 e. The van der Waals surface area contributed by atoms with Gasteiger partial charge in [0.05, 0.1) is 18.4 Å². The molecule has 0 aliphatic rings. The minimum Gasteiger partial charge on any atom is -0.469 e. The van der Waals surface area contributed by atoms with Crippen molar-refractivity contribution < 1.29 is 9.21 Å². The van der Waals surface area contributed by atoms with Gasteiger partial charge in [-0.25, -0.2) is 0 Å². The molecular weight excluding hydrogens is 252 g/mol. The monoisotopic (exact) mass is 268 g/mol. The number of nitrogens with two attached hydrogens (primary N) is 1. The minimum atomic E-state index is -0.140. The van der Waals surface area contributed by atoms with Crippen LogP contribution in [-0.2, 0) is 6.42 Å². The van der Waals surface area contributed by atoms with Gasteiger partial charge in [-0.3, -0.25) is 4.79 Å². The fourth-order valence-electron chi connectivity index (χ4n) is 1.79. The molecule has 3 N–H and O–H groups in total. The number of hydrogen-bond donors (Lipinski definition) is 2. The summed E-state index contributed by atoms with van der Waals surface area (Å²) in [5.74, 6) is 6.37. The van der Waals surface area contributed by atoms with Crippen LogP contribution >= 0.6 is 0 Å². The summed E-state index contributed by atoms with van der Waals surface area (Å²) in [5.41, 5.74) is 6.60. The van der Waals surface area contributed by atoms with Crippen LogP contribution in [0.3, 0.4) is 0 Å². The van der Waals surface area contributed by atoms with E-state index < -0.39 is 0 Å². The number of carbonyl (C=O) groups is 1. The fourth-order valence-corrected chi connectivity index (χ4v) is 1.79. The van der Waals surface area contributed by atoms with E-state index in [-0.39, 0.29) is 12.5 Å². The van der Waals surface area contributed by atoms with Crippen LogP contribution in [0.1, 0.15) is 21.7 Å². The highest BCUT2D eigenvalue weighted by molar-refractivity contribution is 5.96. The third-order valence-corrected chi connectivity index (χ3v) is 2.73. The zero-order valence-electron chi connectivity index (χ0n) is 11.1. The maximum atomic E-state index is 12.1.